The van der Waals surface area contributed by atoms with Crippen molar-refractivity contribution in [2.24, 2.45) is 0 Å². The number of nitrogens with one attached hydrogen (secondary N) is 2. The topological polar surface area (TPSA) is 82.3 Å². The molecule has 0 aliphatic carbocycles. The van der Waals surface area contributed by atoms with Crippen LogP contribution in [-0.4, -0.2) is 36.7 Å². The number of fused-ring (bicyclic) bond motifs is 1. The first-order valence-corrected chi connectivity index (χ1v) is 11.3. The Morgan fingerprint density at radius 3 is 2.38 bits per heavy atom. The zero-order valence-corrected chi connectivity index (χ0v) is 17.6. The molecule has 0 aliphatic rings. The number of aryl methyl sites for hydroxylation is 1. The van der Waals surface area contributed by atoms with Gasteiger partial charge in [0.25, 0.3) is 0 Å². The van der Waals surface area contributed by atoms with Crippen LogP contribution in [0.15, 0.2) is 59.5 Å². The number of aromatic amines is 1. The molecule has 3 aromatic rings. The third-order valence-corrected chi connectivity index (χ3v) is 7.03. The van der Waals surface area contributed by atoms with Gasteiger partial charge < -0.3 is 10.3 Å². The summed E-state index contributed by atoms with van der Waals surface area (Å²) in [6.07, 6.45) is 0.909. The Kier molecular flexibility index (Phi) is 6.71. The molecule has 0 saturated heterocycles. The van der Waals surface area contributed by atoms with E-state index in [2.05, 4.69) is 10.3 Å². The summed E-state index contributed by atoms with van der Waals surface area (Å²) in [6, 6.07) is 16.8. The van der Waals surface area contributed by atoms with Crippen LogP contribution >= 0.6 is 0 Å². The first-order valence-electron chi connectivity index (χ1n) is 9.86. The summed E-state index contributed by atoms with van der Waals surface area (Å²) < 4.78 is 26.5. The molecule has 3 rings (SSSR count). The fourth-order valence-corrected chi connectivity index (χ4v) is 4.77. The molecule has 0 radical (unpaired) electrons. The highest BCUT2D eigenvalue weighted by Crippen LogP contribution is 2.17. The highest BCUT2D eigenvalue weighted by atomic mass is 32.2. The van der Waals surface area contributed by atoms with Crippen molar-refractivity contribution >= 4 is 26.8 Å². The molecule has 29 heavy (non-hydrogen) atoms. The molecule has 1 heterocycles. The molecule has 0 aliphatic heterocycles. The minimum Gasteiger partial charge on any atom is -0.357 e. The normalized spacial score (nSPS) is 11.8. The van der Waals surface area contributed by atoms with Gasteiger partial charge in [-0.05, 0) is 41.6 Å². The molecule has 154 valence electrons. The number of H-pyrrole nitrogens is 1. The standard InChI is InChI=1S/C22H27N3O3S/c1-3-25(4-2)29(27,28)20-12-9-17(10-13-20)11-14-22(26)23-16-19-15-18-7-5-6-8-21(18)24-19/h5-10,12-13,15,24H,3-4,11,14,16H2,1-2H3,(H,23,26). The smallest absolute Gasteiger partial charge is 0.243 e. The quantitative estimate of drug-likeness (QED) is 0.564. The second-order valence-electron chi connectivity index (χ2n) is 6.89. The summed E-state index contributed by atoms with van der Waals surface area (Å²) in [5.74, 6) is -0.0384. The minimum absolute atomic E-state index is 0.0384. The molecule has 0 fully saturated rings. The van der Waals surface area contributed by atoms with Gasteiger partial charge in [-0.15, -0.1) is 0 Å². The maximum atomic E-state index is 12.5. The van der Waals surface area contributed by atoms with Crippen LogP contribution in [-0.2, 0) is 27.8 Å². The summed E-state index contributed by atoms with van der Waals surface area (Å²) in [7, 11) is -3.45. The predicted molar refractivity (Wildman–Crippen MR) is 115 cm³/mol. The van der Waals surface area contributed by atoms with Crippen molar-refractivity contribution in [1.29, 1.82) is 0 Å². The molecule has 7 heteroatoms. The lowest BCUT2D eigenvalue weighted by molar-refractivity contribution is -0.121. The van der Waals surface area contributed by atoms with Gasteiger partial charge >= 0.3 is 0 Å². The average Bonchev–Trinajstić information content (AvgIpc) is 3.15. The van der Waals surface area contributed by atoms with E-state index in [0.717, 1.165) is 22.2 Å². The van der Waals surface area contributed by atoms with Gasteiger partial charge in [-0.1, -0.05) is 44.2 Å². The van der Waals surface area contributed by atoms with Crippen LogP contribution in [0.3, 0.4) is 0 Å². The second-order valence-corrected chi connectivity index (χ2v) is 8.83. The lowest BCUT2D eigenvalue weighted by Crippen LogP contribution is -2.30. The molecule has 1 amide bonds. The van der Waals surface area contributed by atoms with Gasteiger partial charge in [-0.3, -0.25) is 4.79 Å². The van der Waals surface area contributed by atoms with Crippen LogP contribution in [0.25, 0.3) is 10.9 Å². The van der Waals surface area contributed by atoms with Crippen molar-refractivity contribution in [3.63, 3.8) is 0 Å². The van der Waals surface area contributed by atoms with Gasteiger partial charge in [0.05, 0.1) is 11.4 Å². The van der Waals surface area contributed by atoms with Crippen molar-refractivity contribution in [3.05, 3.63) is 65.9 Å². The van der Waals surface area contributed by atoms with Crippen molar-refractivity contribution in [1.82, 2.24) is 14.6 Å². The number of hydrogen-bond donors (Lipinski definition) is 2. The first-order chi connectivity index (χ1) is 13.9. The van der Waals surface area contributed by atoms with Gasteiger partial charge in [0.15, 0.2) is 0 Å². The van der Waals surface area contributed by atoms with E-state index in [1.54, 1.807) is 24.3 Å². The van der Waals surface area contributed by atoms with Gasteiger partial charge in [0.1, 0.15) is 0 Å². The summed E-state index contributed by atoms with van der Waals surface area (Å²) >= 11 is 0. The Bertz CT molecular complexity index is 1040. The first kappa shape index (κ1) is 21.1. The van der Waals surface area contributed by atoms with E-state index >= 15 is 0 Å². The summed E-state index contributed by atoms with van der Waals surface area (Å²) in [5, 5.41) is 4.04. The lowest BCUT2D eigenvalue weighted by Gasteiger charge is -2.18. The zero-order chi connectivity index (χ0) is 20.9. The second kappa shape index (κ2) is 9.24. The van der Waals surface area contributed by atoms with Crippen LogP contribution in [0.1, 0.15) is 31.5 Å². The summed E-state index contributed by atoms with van der Waals surface area (Å²) in [6.45, 7) is 4.98. The third kappa shape index (κ3) is 5.05. The van der Waals surface area contributed by atoms with E-state index in [1.165, 1.54) is 4.31 Å². The number of para-hydroxylation sites is 1. The largest absolute Gasteiger partial charge is 0.357 e. The van der Waals surface area contributed by atoms with Crippen molar-refractivity contribution in [2.45, 2.75) is 38.1 Å². The number of carbonyl (C=O) groups excluding carboxylic acids is 1. The van der Waals surface area contributed by atoms with E-state index in [9.17, 15) is 13.2 Å². The average molecular weight is 414 g/mol. The zero-order valence-electron chi connectivity index (χ0n) is 16.8. The molecule has 0 spiro atoms. The Morgan fingerprint density at radius 2 is 1.72 bits per heavy atom. The van der Waals surface area contributed by atoms with Crippen LogP contribution in [0.4, 0.5) is 0 Å². The summed E-state index contributed by atoms with van der Waals surface area (Å²) in [4.78, 5) is 15.7. The number of carbonyl (C=O) groups is 1. The molecule has 2 N–H and O–H groups in total. The third-order valence-electron chi connectivity index (χ3n) is 4.97. The number of rotatable bonds is 9. The molecule has 6 nitrogen and oxygen atoms in total. The molecule has 1 aromatic heterocycles. The number of amides is 1. The highest BCUT2D eigenvalue weighted by Gasteiger charge is 2.21. The molecule has 2 aromatic carbocycles. The Morgan fingerprint density at radius 1 is 1.03 bits per heavy atom. The number of sulfonamides is 1. The number of aromatic nitrogens is 1. The Balaban J connectivity index is 1.52. The SMILES string of the molecule is CCN(CC)S(=O)(=O)c1ccc(CCC(=O)NCc2cc3ccccc3[nH]2)cc1. The molecular formula is C22H27N3O3S. The number of hydrogen-bond acceptors (Lipinski definition) is 3. The van der Waals surface area contributed by atoms with E-state index < -0.39 is 10.0 Å². The van der Waals surface area contributed by atoms with Gasteiger partial charge in [-0.25, -0.2) is 8.42 Å². The molecular weight excluding hydrogens is 386 g/mol. The monoisotopic (exact) mass is 413 g/mol. The van der Waals surface area contributed by atoms with Gasteiger partial charge in [0, 0.05) is 30.7 Å². The van der Waals surface area contributed by atoms with Crippen LogP contribution in [0.5, 0.6) is 0 Å². The molecule has 0 unspecified atom stereocenters. The van der Waals surface area contributed by atoms with E-state index in [-0.39, 0.29) is 10.8 Å². The Hall–Kier alpha value is -2.64. The number of benzene rings is 2. The summed E-state index contributed by atoms with van der Waals surface area (Å²) in [5.41, 5.74) is 2.95. The van der Waals surface area contributed by atoms with Gasteiger partial charge in [0.2, 0.25) is 15.9 Å². The molecule has 0 saturated carbocycles. The van der Waals surface area contributed by atoms with Crippen LogP contribution in [0, 0.1) is 0 Å². The van der Waals surface area contributed by atoms with Crippen molar-refractivity contribution in [3.8, 4) is 0 Å². The Labute approximate surface area is 172 Å². The predicted octanol–water partition coefficient (Wildman–Crippen LogP) is 3.45. The maximum absolute atomic E-state index is 12.5. The van der Waals surface area contributed by atoms with Crippen molar-refractivity contribution < 1.29 is 13.2 Å². The van der Waals surface area contributed by atoms with E-state index in [0.29, 0.717) is 32.5 Å². The van der Waals surface area contributed by atoms with Crippen LogP contribution in [0.2, 0.25) is 0 Å². The number of nitrogens with zero attached hydrogens (tertiary/aromatic N) is 1. The van der Waals surface area contributed by atoms with Crippen molar-refractivity contribution in [2.75, 3.05) is 13.1 Å². The minimum atomic E-state index is -3.45. The van der Waals surface area contributed by atoms with E-state index in [4.69, 9.17) is 0 Å². The van der Waals surface area contributed by atoms with Crippen LogP contribution < -0.4 is 5.32 Å². The van der Waals surface area contributed by atoms with E-state index in [1.807, 2.05) is 44.2 Å². The molecule has 0 bridgehead atoms. The highest BCUT2D eigenvalue weighted by molar-refractivity contribution is 7.89. The lowest BCUT2D eigenvalue weighted by atomic mass is 10.1. The fraction of sp³-hybridized carbons (Fsp3) is 0.318. The maximum Gasteiger partial charge on any atom is 0.243 e. The molecule has 0 atom stereocenters. The fourth-order valence-electron chi connectivity index (χ4n) is 3.31. The van der Waals surface area contributed by atoms with Gasteiger partial charge in [-0.2, -0.15) is 4.31 Å².